The van der Waals surface area contributed by atoms with Crippen molar-refractivity contribution in [2.45, 2.75) is 32.9 Å². The van der Waals surface area contributed by atoms with Crippen LogP contribution in [0, 0.1) is 5.41 Å². The number of nitrogens with one attached hydrogen (secondary N) is 1. The van der Waals surface area contributed by atoms with E-state index in [-0.39, 0.29) is 12.0 Å². The summed E-state index contributed by atoms with van der Waals surface area (Å²) in [5.41, 5.74) is -0.0423. The first-order valence-corrected chi connectivity index (χ1v) is 6.17. The molecule has 6 heteroatoms. The van der Waals surface area contributed by atoms with Crippen LogP contribution in [0.2, 0.25) is 0 Å². The van der Waals surface area contributed by atoms with Gasteiger partial charge in [-0.1, -0.05) is 13.8 Å². The lowest BCUT2D eigenvalue weighted by Crippen LogP contribution is -2.34. The Balaban J connectivity index is 3.78. The maximum absolute atomic E-state index is 11.9. The Morgan fingerprint density at radius 1 is 1.17 bits per heavy atom. The molecular formula is C12H24F3NO2. The van der Waals surface area contributed by atoms with E-state index in [2.05, 4.69) is 10.1 Å². The summed E-state index contributed by atoms with van der Waals surface area (Å²) < 4.78 is 45.2. The lowest BCUT2D eigenvalue weighted by atomic mass is 9.84. The SMILES string of the molecule is CCC(C)(CCOCC(F)(F)F)CNCCOC. The molecule has 0 saturated heterocycles. The van der Waals surface area contributed by atoms with Crippen molar-refractivity contribution in [3.8, 4) is 0 Å². The highest BCUT2D eigenvalue weighted by atomic mass is 19.4. The average molecular weight is 271 g/mol. The van der Waals surface area contributed by atoms with Gasteiger partial charge in [0.05, 0.1) is 6.61 Å². The molecule has 3 nitrogen and oxygen atoms in total. The van der Waals surface area contributed by atoms with Gasteiger partial charge in [0.1, 0.15) is 6.61 Å². The predicted molar refractivity (Wildman–Crippen MR) is 64.6 cm³/mol. The van der Waals surface area contributed by atoms with E-state index in [0.29, 0.717) is 13.0 Å². The van der Waals surface area contributed by atoms with Crippen molar-refractivity contribution in [2.24, 2.45) is 5.41 Å². The third-order valence-corrected chi connectivity index (χ3v) is 3.00. The molecule has 0 rings (SSSR count). The molecule has 0 aromatic rings. The van der Waals surface area contributed by atoms with Gasteiger partial charge in [-0.05, 0) is 18.3 Å². The van der Waals surface area contributed by atoms with Crippen molar-refractivity contribution >= 4 is 0 Å². The van der Waals surface area contributed by atoms with Gasteiger partial charge in [-0.2, -0.15) is 13.2 Å². The smallest absolute Gasteiger partial charge is 0.383 e. The van der Waals surface area contributed by atoms with Crippen LogP contribution < -0.4 is 5.32 Å². The number of ether oxygens (including phenoxy) is 2. The van der Waals surface area contributed by atoms with Gasteiger partial charge < -0.3 is 14.8 Å². The summed E-state index contributed by atoms with van der Waals surface area (Å²) in [6, 6.07) is 0. The minimum Gasteiger partial charge on any atom is -0.383 e. The molecule has 18 heavy (non-hydrogen) atoms. The molecule has 1 N–H and O–H groups in total. The van der Waals surface area contributed by atoms with Gasteiger partial charge in [0.15, 0.2) is 0 Å². The van der Waals surface area contributed by atoms with Gasteiger partial charge in [-0.25, -0.2) is 0 Å². The summed E-state index contributed by atoms with van der Waals surface area (Å²) in [6.07, 6.45) is -2.73. The number of hydrogen-bond acceptors (Lipinski definition) is 3. The number of alkyl halides is 3. The molecule has 0 amide bonds. The Kier molecular flexibility index (Phi) is 8.56. The van der Waals surface area contributed by atoms with Crippen LogP contribution in [0.5, 0.6) is 0 Å². The van der Waals surface area contributed by atoms with Gasteiger partial charge in [0.2, 0.25) is 0 Å². The average Bonchev–Trinajstić information content (AvgIpc) is 2.29. The van der Waals surface area contributed by atoms with Crippen LogP contribution in [-0.4, -0.2) is 46.2 Å². The van der Waals surface area contributed by atoms with E-state index in [1.54, 1.807) is 7.11 Å². The van der Waals surface area contributed by atoms with Crippen LogP contribution in [0.1, 0.15) is 26.7 Å². The number of hydrogen-bond donors (Lipinski definition) is 1. The van der Waals surface area contributed by atoms with Gasteiger partial charge >= 0.3 is 6.18 Å². The fourth-order valence-corrected chi connectivity index (χ4v) is 1.46. The Morgan fingerprint density at radius 3 is 2.33 bits per heavy atom. The Morgan fingerprint density at radius 2 is 1.83 bits per heavy atom. The topological polar surface area (TPSA) is 30.5 Å². The zero-order valence-corrected chi connectivity index (χ0v) is 11.4. The molecule has 0 radical (unpaired) electrons. The van der Waals surface area contributed by atoms with Crippen LogP contribution in [-0.2, 0) is 9.47 Å². The quantitative estimate of drug-likeness (QED) is 0.620. The van der Waals surface area contributed by atoms with Gasteiger partial charge in [-0.15, -0.1) is 0 Å². The third kappa shape index (κ3) is 9.67. The van der Waals surface area contributed by atoms with E-state index < -0.39 is 12.8 Å². The van der Waals surface area contributed by atoms with E-state index in [9.17, 15) is 13.2 Å². The highest BCUT2D eigenvalue weighted by Gasteiger charge is 2.28. The lowest BCUT2D eigenvalue weighted by Gasteiger charge is -2.28. The maximum Gasteiger partial charge on any atom is 0.411 e. The highest BCUT2D eigenvalue weighted by molar-refractivity contribution is 4.75. The summed E-state index contributed by atoms with van der Waals surface area (Å²) in [6.45, 7) is 5.17. The molecule has 1 unspecified atom stereocenters. The predicted octanol–water partition coefficient (Wildman–Crippen LogP) is 2.61. The lowest BCUT2D eigenvalue weighted by molar-refractivity contribution is -0.175. The molecule has 110 valence electrons. The first-order chi connectivity index (χ1) is 8.33. The minimum absolute atomic E-state index is 0.0423. The maximum atomic E-state index is 11.9. The van der Waals surface area contributed by atoms with E-state index >= 15 is 0 Å². The molecule has 0 fully saturated rings. The number of halogens is 3. The van der Waals surface area contributed by atoms with Gasteiger partial charge in [-0.3, -0.25) is 0 Å². The first-order valence-electron chi connectivity index (χ1n) is 6.17. The Labute approximate surface area is 107 Å². The second-order valence-electron chi connectivity index (χ2n) is 4.75. The molecule has 0 aliphatic heterocycles. The molecule has 0 aromatic heterocycles. The Bertz CT molecular complexity index is 212. The highest BCUT2D eigenvalue weighted by Crippen LogP contribution is 2.25. The second-order valence-corrected chi connectivity index (χ2v) is 4.75. The van der Waals surface area contributed by atoms with E-state index in [4.69, 9.17) is 4.74 Å². The zero-order valence-electron chi connectivity index (χ0n) is 11.4. The minimum atomic E-state index is -4.24. The molecule has 0 saturated carbocycles. The summed E-state index contributed by atoms with van der Waals surface area (Å²) >= 11 is 0. The first kappa shape index (κ1) is 17.7. The van der Waals surface area contributed by atoms with Crippen molar-refractivity contribution in [2.75, 3.05) is 40.0 Å². The van der Waals surface area contributed by atoms with Crippen molar-refractivity contribution in [1.29, 1.82) is 0 Å². The molecule has 1 atom stereocenters. The molecular weight excluding hydrogens is 247 g/mol. The fraction of sp³-hybridized carbons (Fsp3) is 1.00. The van der Waals surface area contributed by atoms with E-state index in [1.807, 2.05) is 13.8 Å². The van der Waals surface area contributed by atoms with Crippen LogP contribution >= 0.6 is 0 Å². The summed E-state index contributed by atoms with van der Waals surface area (Å²) in [5.74, 6) is 0. The van der Waals surface area contributed by atoms with Gasteiger partial charge in [0.25, 0.3) is 0 Å². The monoisotopic (exact) mass is 271 g/mol. The van der Waals surface area contributed by atoms with Crippen LogP contribution in [0.25, 0.3) is 0 Å². The van der Waals surface area contributed by atoms with E-state index in [1.165, 1.54) is 0 Å². The standard InChI is InChI=1S/C12H24F3NO2/c1-4-11(2,9-16-6-8-17-3)5-7-18-10-12(13,14)15/h16H,4-10H2,1-3H3. The summed E-state index contributed by atoms with van der Waals surface area (Å²) in [4.78, 5) is 0. The van der Waals surface area contributed by atoms with E-state index in [0.717, 1.165) is 19.5 Å². The molecule has 0 heterocycles. The molecule has 0 aromatic carbocycles. The largest absolute Gasteiger partial charge is 0.411 e. The third-order valence-electron chi connectivity index (χ3n) is 3.00. The number of methoxy groups -OCH3 is 1. The van der Waals surface area contributed by atoms with Gasteiger partial charge in [0, 0.05) is 26.8 Å². The summed E-state index contributed by atoms with van der Waals surface area (Å²) in [7, 11) is 1.63. The zero-order chi connectivity index (χ0) is 14.1. The van der Waals surface area contributed by atoms with Crippen molar-refractivity contribution in [1.82, 2.24) is 5.32 Å². The molecule has 0 bridgehead atoms. The molecule has 0 aliphatic carbocycles. The van der Waals surface area contributed by atoms with Crippen LogP contribution in [0.3, 0.4) is 0 Å². The number of rotatable bonds is 10. The van der Waals surface area contributed by atoms with Crippen molar-refractivity contribution in [3.63, 3.8) is 0 Å². The summed E-state index contributed by atoms with van der Waals surface area (Å²) in [5, 5.41) is 3.23. The van der Waals surface area contributed by atoms with Crippen molar-refractivity contribution < 1.29 is 22.6 Å². The molecule has 0 aliphatic rings. The van der Waals surface area contributed by atoms with Crippen molar-refractivity contribution in [3.05, 3.63) is 0 Å². The fourth-order valence-electron chi connectivity index (χ4n) is 1.46. The Hall–Kier alpha value is -0.330. The van der Waals surface area contributed by atoms with Crippen LogP contribution in [0.4, 0.5) is 13.2 Å². The van der Waals surface area contributed by atoms with Crippen LogP contribution in [0.15, 0.2) is 0 Å². The second kappa shape index (κ2) is 8.72. The normalized spacial score (nSPS) is 15.7. The molecule has 0 spiro atoms.